The molecule has 5 nitrogen and oxygen atoms in total. The first-order chi connectivity index (χ1) is 9.51. The second-order valence-corrected chi connectivity index (χ2v) is 5.23. The van der Waals surface area contributed by atoms with Crippen molar-refractivity contribution in [1.29, 1.82) is 0 Å². The number of benzene rings is 1. The Balaban J connectivity index is 2.05. The third kappa shape index (κ3) is 3.22. The molecule has 0 unspecified atom stereocenters. The minimum Gasteiger partial charge on any atom is -0.496 e. The van der Waals surface area contributed by atoms with Gasteiger partial charge in [0.05, 0.1) is 19.4 Å². The van der Waals surface area contributed by atoms with Gasteiger partial charge in [0.1, 0.15) is 5.75 Å². The van der Waals surface area contributed by atoms with Crippen molar-refractivity contribution in [2.45, 2.75) is 12.8 Å². The Morgan fingerprint density at radius 1 is 1.50 bits per heavy atom. The number of halogens is 1. The van der Waals surface area contributed by atoms with Crippen LogP contribution in [0.4, 0.5) is 0 Å². The summed E-state index contributed by atoms with van der Waals surface area (Å²) < 4.78 is 5.20. The lowest BCUT2D eigenvalue weighted by Crippen LogP contribution is -2.31. The molecule has 1 heterocycles. The maximum atomic E-state index is 12.2. The van der Waals surface area contributed by atoms with E-state index in [1.165, 1.54) is 7.11 Å². The zero-order chi connectivity index (χ0) is 14.7. The molecule has 1 aromatic carbocycles. The molecule has 2 rings (SSSR count). The zero-order valence-electron chi connectivity index (χ0n) is 11.1. The molecule has 108 valence electrons. The van der Waals surface area contributed by atoms with Crippen LogP contribution in [-0.2, 0) is 16.0 Å². The summed E-state index contributed by atoms with van der Waals surface area (Å²) in [5.74, 6) is -0.799. The van der Waals surface area contributed by atoms with Gasteiger partial charge >= 0.3 is 5.97 Å². The molecular weight excluding hydrogens is 282 g/mol. The van der Waals surface area contributed by atoms with Crippen LogP contribution in [0.15, 0.2) is 18.2 Å². The molecule has 0 bridgehead atoms. The number of methoxy groups -OCH3 is 1. The largest absolute Gasteiger partial charge is 0.496 e. The van der Waals surface area contributed by atoms with E-state index in [1.807, 2.05) is 0 Å². The summed E-state index contributed by atoms with van der Waals surface area (Å²) >= 11 is 5.92. The number of carboxylic acids is 1. The molecule has 1 aliphatic rings. The fourth-order valence-corrected chi connectivity index (χ4v) is 2.54. The summed E-state index contributed by atoms with van der Waals surface area (Å²) in [5, 5.41) is 9.49. The standard InChI is InChI=1S/C14H16ClNO4/c1-20-12-3-2-11(15)6-10(12)7-13(17)16-5-4-9(8-16)14(18)19/h2-3,6,9H,4-5,7-8H2,1H3,(H,18,19)/t9-/m0/s1. The van der Waals surface area contributed by atoms with E-state index >= 15 is 0 Å². The Kier molecular flexibility index (Phi) is 4.49. The van der Waals surface area contributed by atoms with Crippen molar-refractivity contribution >= 4 is 23.5 Å². The van der Waals surface area contributed by atoms with Gasteiger partial charge in [0.25, 0.3) is 0 Å². The van der Waals surface area contributed by atoms with E-state index < -0.39 is 11.9 Å². The molecular formula is C14H16ClNO4. The van der Waals surface area contributed by atoms with Crippen molar-refractivity contribution in [2.75, 3.05) is 20.2 Å². The quantitative estimate of drug-likeness (QED) is 0.920. The van der Waals surface area contributed by atoms with Gasteiger partial charge in [0.15, 0.2) is 0 Å². The van der Waals surface area contributed by atoms with Gasteiger partial charge in [-0.3, -0.25) is 9.59 Å². The zero-order valence-corrected chi connectivity index (χ0v) is 11.9. The molecule has 1 amide bonds. The fraction of sp³-hybridized carbons (Fsp3) is 0.429. The Bertz CT molecular complexity index is 532. The first kappa shape index (κ1) is 14.7. The lowest BCUT2D eigenvalue weighted by Gasteiger charge is -2.17. The highest BCUT2D eigenvalue weighted by atomic mass is 35.5. The molecule has 0 radical (unpaired) electrons. The minimum absolute atomic E-state index is 0.102. The van der Waals surface area contributed by atoms with Crippen LogP contribution in [0.1, 0.15) is 12.0 Å². The van der Waals surface area contributed by atoms with E-state index in [2.05, 4.69) is 0 Å². The normalized spacial score (nSPS) is 18.1. The van der Waals surface area contributed by atoms with Gasteiger partial charge in [-0.25, -0.2) is 0 Å². The van der Waals surface area contributed by atoms with Crippen LogP contribution in [0.3, 0.4) is 0 Å². The Morgan fingerprint density at radius 3 is 2.85 bits per heavy atom. The number of nitrogens with zero attached hydrogens (tertiary/aromatic N) is 1. The Morgan fingerprint density at radius 2 is 2.25 bits per heavy atom. The van der Waals surface area contributed by atoms with Crippen molar-refractivity contribution in [3.05, 3.63) is 28.8 Å². The molecule has 1 saturated heterocycles. The lowest BCUT2D eigenvalue weighted by molar-refractivity contribution is -0.141. The van der Waals surface area contributed by atoms with Gasteiger partial charge in [0, 0.05) is 23.7 Å². The number of carboxylic acid groups (broad SMARTS) is 1. The summed E-state index contributed by atoms with van der Waals surface area (Å²) in [5.41, 5.74) is 0.712. The smallest absolute Gasteiger partial charge is 0.308 e. The summed E-state index contributed by atoms with van der Waals surface area (Å²) in [6, 6.07) is 5.11. The summed E-state index contributed by atoms with van der Waals surface area (Å²) in [6.45, 7) is 0.760. The second kappa shape index (κ2) is 6.13. The van der Waals surface area contributed by atoms with Crippen LogP contribution in [0.5, 0.6) is 5.75 Å². The van der Waals surface area contributed by atoms with Crippen LogP contribution in [-0.4, -0.2) is 42.1 Å². The number of aliphatic carboxylic acids is 1. The van der Waals surface area contributed by atoms with Crippen molar-refractivity contribution in [1.82, 2.24) is 4.90 Å². The molecule has 20 heavy (non-hydrogen) atoms. The van der Waals surface area contributed by atoms with Gasteiger partial charge < -0.3 is 14.7 Å². The molecule has 0 spiro atoms. The Hall–Kier alpha value is -1.75. The SMILES string of the molecule is COc1ccc(Cl)cc1CC(=O)N1CC[C@H](C(=O)O)C1. The van der Waals surface area contributed by atoms with Crippen molar-refractivity contribution in [2.24, 2.45) is 5.92 Å². The average Bonchev–Trinajstić information content (AvgIpc) is 2.89. The topological polar surface area (TPSA) is 66.8 Å². The van der Waals surface area contributed by atoms with Crippen LogP contribution in [0.2, 0.25) is 5.02 Å². The summed E-state index contributed by atoms with van der Waals surface area (Å²) in [4.78, 5) is 24.7. The number of hydrogen-bond donors (Lipinski definition) is 1. The number of carbonyl (C=O) groups is 2. The first-order valence-electron chi connectivity index (χ1n) is 6.34. The lowest BCUT2D eigenvalue weighted by atomic mass is 10.1. The van der Waals surface area contributed by atoms with E-state index in [9.17, 15) is 9.59 Å². The van der Waals surface area contributed by atoms with Crippen LogP contribution in [0.25, 0.3) is 0 Å². The molecule has 1 atom stereocenters. The molecule has 1 aromatic rings. The van der Waals surface area contributed by atoms with E-state index in [0.717, 1.165) is 0 Å². The predicted octanol–water partition coefficient (Wildman–Crippen LogP) is 1.82. The molecule has 0 aromatic heterocycles. The summed E-state index contributed by atoms with van der Waals surface area (Å²) in [7, 11) is 1.54. The molecule has 0 aliphatic carbocycles. The highest BCUT2D eigenvalue weighted by Gasteiger charge is 2.30. The van der Waals surface area contributed by atoms with Crippen LogP contribution in [0, 0.1) is 5.92 Å². The highest BCUT2D eigenvalue weighted by Crippen LogP contribution is 2.25. The van der Waals surface area contributed by atoms with Gasteiger partial charge in [-0.1, -0.05) is 11.6 Å². The van der Waals surface area contributed by atoms with Crippen molar-refractivity contribution in [3.63, 3.8) is 0 Å². The van der Waals surface area contributed by atoms with Gasteiger partial charge in [-0.2, -0.15) is 0 Å². The highest BCUT2D eigenvalue weighted by molar-refractivity contribution is 6.30. The number of carbonyl (C=O) groups excluding carboxylic acids is 1. The number of hydrogen-bond acceptors (Lipinski definition) is 3. The monoisotopic (exact) mass is 297 g/mol. The third-order valence-corrected chi connectivity index (χ3v) is 3.71. The van der Waals surface area contributed by atoms with Gasteiger partial charge in [-0.05, 0) is 24.6 Å². The molecule has 0 saturated carbocycles. The number of amides is 1. The van der Waals surface area contributed by atoms with E-state index in [4.69, 9.17) is 21.4 Å². The summed E-state index contributed by atoms with van der Waals surface area (Å²) in [6.07, 6.45) is 0.670. The van der Waals surface area contributed by atoms with Crippen molar-refractivity contribution < 1.29 is 19.4 Å². The van der Waals surface area contributed by atoms with Gasteiger partial charge in [-0.15, -0.1) is 0 Å². The number of rotatable bonds is 4. The predicted molar refractivity (Wildman–Crippen MR) is 74.0 cm³/mol. The van der Waals surface area contributed by atoms with Crippen LogP contribution < -0.4 is 4.74 Å². The first-order valence-corrected chi connectivity index (χ1v) is 6.72. The van der Waals surface area contributed by atoms with Crippen molar-refractivity contribution in [3.8, 4) is 5.75 Å². The molecule has 6 heteroatoms. The number of likely N-dealkylation sites (tertiary alicyclic amines) is 1. The van der Waals surface area contributed by atoms with E-state index in [1.54, 1.807) is 23.1 Å². The Labute approximate surface area is 122 Å². The fourth-order valence-electron chi connectivity index (χ4n) is 2.35. The molecule has 1 N–H and O–H groups in total. The maximum absolute atomic E-state index is 12.2. The molecule has 1 fully saturated rings. The maximum Gasteiger partial charge on any atom is 0.308 e. The van der Waals surface area contributed by atoms with E-state index in [0.29, 0.717) is 29.3 Å². The van der Waals surface area contributed by atoms with E-state index in [-0.39, 0.29) is 18.9 Å². The second-order valence-electron chi connectivity index (χ2n) is 4.80. The van der Waals surface area contributed by atoms with Crippen LogP contribution >= 0.6 is 11.6 Å². The minimum atomic E-state index is -0.847. The number of ether oxygens (including phenoxy) is 1. The third-order valence-electron chi connectivity index (χ3n) is 3.47. The average molecular weight is 298 g/mol. The molecule has 1 aliphatic heterocycles. The van der Waals surface area contributed by atoms with Gasteiger partial charge in [0.2, 0.25) is 5.91 Å².